The van der Waals surface area contributed by atoms with E-state index < -0.39 is 11.8 Å². The number of rotatable bonds is 10. The summed E-state index contributed by atoms with van der Waals surface area (Å²) in [6.07, 6.45) is 6.37. The molecule has 0 aliphatic carbocycles. The second kappa shape index (κ2) is 12.8. The predicted molar refractivity (Wildman–Crippen MR) is 167 cm³/mol. The van der Waals surface area contributed by atoms with E-state index >= 15 is 0 Å². The number of carboxylic acid groups (broad SMARTS) is 1. The van der Waals surface area contributed by atoms with Gasteiger partial charge in [-0.1, -0.05) is 29.8 Å². The van der Waals surface area contributed by atoms with Crippen molar-refractivity contribution in [1.82, 2.24) is 19.4 Å². The van der Waals surface area contributed by atoms with Crippen molar-refractivity contribution in [2.24, 2.45) is 0 Å². The quantitative estimate of drug-likeness (QED) is 0.174. The smallest absolute Gasteiger partial charge is 0.345 e. The number of piperidine rings is 1. The van der Waals surface area contributed by atoms with Crippen LogP contribution in [0.5, 0.6) is 5.88 Å². The average Bonchev–Trinajstić information content (AvgIpc) is 3.66. The number of pyridine rings is 1. The topological polar surface area (TPSA) is 80.5 Å². The number of aryl methyl sites for hydroxylation is 1. The maximum atomic E-state index is 14.2. The molecule has 1 N–H and O–H groups in total. The number of aromatic carboxylic acids is 1. The Balaban J connectivity index is 1.14. The summed E-state index contributed by atoms with van der Waals surface area (Å²) in [6.45, 7) is 5.64. The Hall–Kier alpha value is -3.79. The molecule has 222 valence electrons. The number of fused-ring (bicyclic) bond motifs is 1. The lowest BCUT2D eigenvalue weighted by atomic mass is 9.92. The minimum absolute atomic E-state index is 0.0850. The number of hydrogen-bond acceptors (Lipinski definition) is 6. The highest BCUT2D eigenvalue weighted by molar-refractivity contribution is 7.20. The molecule has 10 heteroatoms. The molecular formula is C33H32ClFN4O3S. The largest absolute Gasteiger partial charge is 0.477 e. The number of carbonyl (C=O) groups is 1. The Bertz CT molecular complexity index is 1760. The zero-order chi connectivity index (χ0) is 29.9. The van der Waals surface area contributed by atoms with Gasteiger partial charge in [-0.25, -0.2) is 19.2 Å². The third-order valence-corrected chi connectivity index (χ3v) is 9.48. The molecule has 1 aliphatic heterocycles. The molecule has 2 aromatic carbocycles. The molecule has 7 nitrogen and oxygen atoms in total. The van der Waals surface area contributed by atoms with E-state index in [2.05, 4.69) is 33.5 Å². The van der Waals surface area contributed by atoms with Gasteiger partial charge in [0.1, 0.15) is 17.3 Å². The molecule has 43 heavy (non-hydrogen) atoms. The Labute approximate surface area is 258 Å². The summed E-state index contributed by atoms with van der Waals surface area (Å²) in [6, 6.07) is 16.4. The number of ether oxygens (including phenoxy) is 1. The van der Waals surface area contributed by atoms with Gasteiger partial charge in [0.2, 0.25) is 5.88 Å². The van der Waals surface area contributed by atoms with E-state index in [1.165, 1.54) is 28.5 Å². The van der Waals surface area contributed by atoms with Crippen LogP contribution in [0.4, 0.5) is 4.39 Å². The number of carboxylic acids is 1. The number of likely N-dealkylation sites (tertiary alicyclic amines) is 1. The molecule has 0 spiro atoms. The van der Waals surface area contributed by atoms with Gasteiger partial charge in [0, 0.05) is 64.4 Å². The van der Waals surface area contributed by atoms with Crippen molar-refractivity contribution < 1.29 is 19.0 Å². The molecule has 1 aliphatic rings. The summed E-state index contributed by atoms with van der Waals surface area (Å²) in [5.74, 6) is -0.497. The minimum Gasteiger partial charge on any atom is -0.477 e. The van der Waals surface area contributed by atoms with Crippen LogP contribution in [0, 0.1) is 5.82 Å². The standard InChI is InChI=1S/C33H32ClFN4O3S/c1-2-39-20-36-17-25(39)15-26-22(7-9-30-27(26)16-31(43-30)33(40)41)18-38-12-10-21(11-13-38)29-4-3-5-32(37-29)42-19-23-6-8-24(34)14-28(23)35/h3-9,14,16-17,20-21H,2,10-13,15,18-19H2,1H3,(H,40,41). The zero-order valence-corrected chi connectivity index (χ0v) is 25.4. The van der Waals surface area contributed by atoms with Crippen LogP contribution in [0.1, 0.15) is 63.4 Å². The second-order valence-electron chi connectivity index (χ2n) is 10.9. The first-order valence-corrected chi connectivity index (χ1v) is 15.6. The number of nitrogens with zero attached hydrogens (tertiary/aromatic N) is 4. The maximum absolute atomic E-state index is 14.2. The van der Waals surface area contributed by atoms with Crippen molar-refractivity contribution in [2.75, 3.05) is 13.1 Å². The fourth-order valence-electron chi connectivity index (χ4n) is 5.79. The molecule has 0 atom stereocenters. The lowest BCUT2D eigenvalue weighted by Gasteiger charge is -2.32. The summed E-state index contributed by atoms with van der Waals surface area (Å²) >= 11 is 7.18. The van der Waals surface area contributed by atoms with Crippen molar-refractivity contribution in [3.8, 4) is 5.88 Å². The second-order valence-corrected chi connectivity index (χ2v) is 12.4. The van der Waals surface area contributed by atoms with Gasteiger partial charge in [0.15, 0.2) is 0 Å². The first-order valence-electron chi connectivity index (χ1n) is 14.4. The van der Waals surface area contributed by atoms with Gasteiger partial charge in [0.25, 0.3) is 0 Å². The molecule has 0 bridgehead atoms. The normalized spacial score (nSPS) is 14.4. The van der Waals surface area contributed by atoms with E-state index in [0.717, 1.165) is 60.5 Å². The van der Waals surface area contributed by atoms with Gasteiger partial charge in [-0.3, -0.25) is 4.90 Å². The molecule has 3 aromatic heterocycles. The van der Waals surface area contributed by atoms with Gasteiger partial charge in [-0.15, -0.1) is 11.3 Å². The summed E-state index contributed by atoms with van der Waals surface area (Å²) in [4.78, 5) is 23.7. The van der Waals surface area contributed by atoms with Crippen LogP contribution >= 0.6 is 22.9 Å². The molecule has 4 heterocycles. The van der Waals surface area contributed by atoms with Gasteiger partial charge in [-0.2, -0.15) is 0 Å². The fourth-order valence-corrected chi connectivity index (χ4v) is 6.88. The molecule has 5 aromatic rings. The van der Waals surface area contributed by atoms with E-state index in [1.54, 1.807) is 18.2 Å². The lowest BCUT2D eigenvalue weighted by Crippen LogP contribution is -2.33. The molecule has 0 radical (unpaired) electrons. The van der Waals surface area contributed by atoms with E-state index in [0.29, 0.717) is 33.7 Å². The van der Waals surface area contributed by atoms with E-state index in [-0.39, 0.29) is 6.61 Å². The van der Waals surface area contributed by atoms with Crippen LogP contribution in [-0.4, -0.2) is 43.6 Å². The van der Waals surface area contributed by atoms with Crippen molar-refractivity contribution in [3.05, 3.63) is 111 Å². The van der Waals surface area contributed by atoms with Crippen LogP contribution in [0.2, 0.25) is 5.02 Å². The number of imidazole rings is 1. The van der Waals surface area contributed by atoms with Crippen LogP contribution in [0.3, 0.4) is 0 Å². The third-order valence-electron chi connectivity index (χ3n) is 8.15. The highest BCUT2D eigenvalue weighted by Crippen LogP contribution is 2.34. The van der Waals surface area contributed by atoms with Gasteiger partial charge < -0.3 is 14.4 Å². The predicted octanol–water partition coefficient (Wildman–Crippen LogP) is 7.55. The lowest BCUT2D eigenvalue weighted by molar-refractivity contribution is 0.0702. The van der Waals surface area contributed by atoms with E-state index in [4.69, 9.17) is 21.3 Å². The monoisotopic (exact) mass is 618 g/mol. The van der Waals surface area contributed by atoms with Crippen molar-refractivity contribution in [3.63, 3.8) is 0 Å². The summed E-state index contributed by atoms with van der Waals surface area (Å²) in [5, 5.41) is 11.0. The number of aromatic nitrogens is 3. The van der Waals surface area contributed by atoms with Crippen molar-refractivity contribution in [2.45, 2.75) is 51.8 Å². The SMILES string of the molecule is CCn1cncc1Cc1c(CN2CCC(c3cccc(OCc4ccc(Cl)cc4F)n3)CC2)ccc2sc(C(=O)O)cc12. The minimum atomic E-state index is -0.894. The Kier molecular flexibility index (Phi) is 8.74. The highest BCUT2D eigenvalue weighted by Gasteiger charge is 2.24. The fraction of sp³-hybridized carbons (Fsp3) is 0.303. The van der Waals surface area contributed by atoms with Crippen molar-refractivity contribution >= 4 is 39.0 Å². The van der Waals surface area contributed by atoms with E-state index in [9.17, 15) is 14.3 Å². The number of halogens is 2. The number of thiophene rings is 1. The van der Waals surface area contributed by atoms with E-state index in [1.807, 2.05) is 30.7 Å². The first-order chi connectivity index (χ1) is 20.9. The Morgan fingerprint density at radius 3 is 2.72 bits per heavy atom. The van der Waals surface area contributed by atoms with Crippen LogP contribution < -0.4 is 4.74 Å². The van der Waals surface area contributed by atoms with Gasteiger partial charge in [-0.05, 0) is 79.7 Å². The third kappa shape index (κ3) is 6.59. The van der Waals surface area contributed by atoms with Crippen molar-refractivity contribution in [1.29, 1.82) is 0 Å². The first kappa shape index (κ1) is 29.3. The zero-order valence-electron chi connectivity index (χ0n) is 23.8. The molecule has 1 fully saturated rings. The average molecular weight is 619 g/mol. The Morgan fingerprint density at radius 1 is 1.14 bits per heavy atom. The maximum Gasteiger partial charge on any atom is 0.345 e. The number of benzene rings is 2. The summed E-state index contributed by atoms with van der Waals surface area (Å²) < 4.78 is 23.1. The number of hydrogen-bond donors (Lipinski definition) is 1. The molecule has 0 unspecified atom stereocenters. The molecule has 6 rings (SSSR count). The molecular weight excluding hydrogens is 587 g/mol. The van der Waals surface area contributed by atoms with Crippen LogP contribution in [0.25, 0.3) is 10.1 Å². The molecule has 0 amide bonds. The molecule has 1 saturated heterocycles. The summed E-state index contributed by atoms with van der Waals surface area (Å²) in [7, 11) is 0. The molecule has 0 saturated carbocycles. The van der Waals surface area contributed by atoms with Gasteiger partial charge >= 0.3 is 5.97 Å². The van der Waals surface area contributed by atoms with Crippen LogP contribution in [0.15, 0.2) is 67.1 Å². The summed E-state index contributed by atoms with van der Waals surface area (Å²) in [5.41, 5.74) is 4.92. The van der Waals surface area contributed by atoms with Crippen LogP contribution in [-0.2, 0) is 26.1 Å². The highest BCUT2D eigenvalue weighted by atomic mass is 35.5. The Morgan fingerprint density at radius 2 is 1.95 bits per heavy atom. The van der Waals surface area contributed by atoms with Gasteiger partial charge in [0.05, 0.1) is 6.33 Å².